The number of aryl methyl sites for hydroxylation is 1. The number of nitrogens with zero attached hydrogens (tertiary/aromatic N) is 3. The Morgan fingerprint density at radius 3 is 2.36 bits per heavy atom. The molecule has 1 atom stereocenters. The quantitative estimate of drug-likeness (QED) is 0.762. The summed E-state index contributed by atoms with van der Waals surface area (Å²) in [4.78, 5) is 43.8. The number of nitrogens with one attached hydrogen (secondary N) is 1. The first-order chi connectivity index (χ1) is 15.8. The molecule has 3 amide bonds. The van der Waals surface area contributed by atoms with Crippen molar-refractivity contribution in [3.63, 3.8) is 0 Å². The molecule has 0 saturated carbocycles. The van der Waals surface area contributed by atoms with E-state index in [0.29, 0.717) is 31.0 Å². The molecule has 2 saturated heterocycles. The van der Waals surface area contributed by atoms with Gasteiger partial charge in [-0.2, -0.15) is 0 Å². The standard InChI is InChI=1S/C26H32N4O3/c1-18(2)25(32)27-21-7-5-9-23(16-21)30-17-20(15-24(30)31)26(33)29-12-10-28(11-13-29)22-8-4-6-19(3)14-22/h4-9,14,16,18,20H,10-13,15,17H2,1-3H3,(H,27,32)/t20-/m0/s1. The largest absolute Gasteiger partial charge is 0.368 e. The molecule has 2 aromatic rings. The second-order valence-corrected chi connectivity index (χ2v) is 9.25. The molecule has 7 heteroatoms. The van der Waals surface area contributed by atoms with E-state index in [1.165, 1.54) is 11.3 Å². The molecule has 1 N–H and O–H groups in total. The minimum Gasteiger partial charge on any atom is -0.368 e. The van der Waals surface area contributed by atoms with Crippen LogP contribution in [0, 0.1) is 18.8 Å². The molecule has 2 aromatic carbocycles. The van der Waals surface area contributed by atoms with Gasteiger partial charge in [-0.3, -0.25) is 14.4 Å². The van der Waals surface area contributed by atoms with Gasteiger partial charge in [-0.1, -0.05) is 32.0 Å². The summed E-state index contributed by atoms with van der Waals surface area (Å²) >= 11 is 0. The van der Waals surface area contributed by atoms with Crippen molar-refractivity contribution in [1.29, 1.82) is 0 Å². The van der Waals surface area contributed by atoms with Gasteiger partial charge in [0.25, 0.3) is 0 Å². The second kappa shape index (κ2) is 9.65. The molecule has 0 bridgehead atoms. The third-order valence-electron chi connectivity index (χ3n) is 6.38. The average Bonchev–Trinajstić information content (AvgIpc) is 3.20. The number of hydrogen-bond acceptors (Lipinski definition) is 4. The number of amides is 3. The van der Waals surface area contributed by atoms with E-state index < -0.39 is 0 Å². The van der Waals surface area contributed by atoms with Crippen molar-refractivity contribution in [2.75, 3.05) is 47.8 Å². The molecule has 174 valence electrons. The molecule has 4 rings (SSSR count). The zero-order valence-electron chi connectivity index (χ0n) is 19.6. The summed E-state index contributed by atoms with van der Waals surface area (Å²) in [6.45, 7) is 9.02. The Balaban J connectivity index is 1.36. The number of benzene rings is 2. The summed E-state index contributed by atoms with van der Waals surface area (Å²) in [7, 11) is 0. The van der Waals surface area contributed by atoms with Crippen LogP contribution in [-0.2, 0) is 14.4 Å². The fourth-order valence-corrected chi connectivity index (χ4v) is 4.43. The summed E-state index contributed by atoms with van der Waals surface area (Å²) < 4.78 is 0. The first-order valence-electron chi connectivity index (χ1n) is 11.6. The maximum absolute atomic E-state index is 13.2. The van der Waals surface area contributed by atoms with E-state index in [4.69, 9.17) is 0 Å². The van der Waals surface area contributed by atoms with Crippen LogP contribution < -0.4 is 15.1 Å². The zero-order chi connectivity index (χ0) is 23.5. The van der Waals surface area contributed by atoms with Crippen molar-refractivity contribution in [2.24, 2.45) is 11.8 Å². The van der Waals surface area contributed by atoms with Crippen LogP contribution in [0.1, 0.15) is 25.8 Å². The highest BCUT2D eigenvalue weighted by molar-refractivity contribution is 6.01. The van der Waals surface area contributed by atoms with E-state index in [-0.39, 0.29) is 36.0 Å². The molecule has 2 heterocycles. The van der Waals surface area contributed by atoms with Crippen LogP contribution in [0.25, 0.3) is 0 Å². The Bertz CT molecular complexity index is 1040. The van der Waals surface area contributed by atoms with E-state index >= 15 is 0 Å². The van der Waals surface area contributed by atoms with E-state index in [0.717, 1.165) is 13.1 Å². The molecule has 0 radical (unpaired) electrons. The highest BCUT2D eigenvalue weighted by atomic mass is 16.2. The van der Waals surface area contributed by atoms with Gasteiger partial charge in [-0.05, 0) is 42.8 Å². The first kappa shape index (κ1) is 22.8. The Morgan fingerprint density at radius 1 is 0.970 bits per heavy atom. The number of rotatable bonds is 5. The summed E-state index contributed by atoms with van der Waals surface area (Å²) in [6.07, 6.45) is 0.222. The van der Waals surface area contributed by atoms with Crippen LogP contribution in [0.15, 0.2) is 48.5 Å². The minimum atomic E-state index is -0.336. The van der Waals surface area contributed by atoms with Crippen molar-refractivity contribution >= 4 is 34.8 Å². The van der Waals surface area contributed by atoms with Crippen molar-refractivity contribution < 1.29 is 14.4 Å². The van der Waals surface area contributed by atoms with Crippen LogP contribution in [0.5, 0.6) is 0 Å². The summed E-state index contributed by atoms with van der Waals surface area (Å²) in [5, 5.41) is 2.87. The summed E-state index contributed by atoms with van der Waals surface area (Å²) in [5.74, 6) is -0.539. The lowest BCUT2D eigenvalue weighted by Crippen LogP contribution is -2.50. The third-order valence-corrected chi connectivity index (χ3v) is 6.38. The maximum atomic E-state index is 13.2. The number of carbonyl (C=O) groups is 3. The summed E-state index contributed by atoms with van der Waals surface area (Å²) in [6, 6.07) is 15.7. The van der Waals surface area contributed by atoms with Crippen LogP contribution in [0.4, 0.5) is 17.1 Å². The predicted octanol–water partition coefficient (Wildman–Crippen LogP) is 3.29. The number of anilines is 3. The van der Waals surface area contributed by atoms with Gasteiger partial charge in [0.2, 0.25) is 17.7 Å². The normalized spacial score (nSPS) is 18.7. The molecule has 0 unspecified atom stereocenters. The van der Waals surface area contributed by atoms with Crippen LogP contribution >= 0.6 is 0 Å². The van der Waals surface area contributed by atoms with Gasteiger partial charge in [0.05, 0.1) is 5.92 Å². The molecule has 0 spiro atoms. The molecule has 33 heavy (non-hydrogen) atoms. The monoisotopic (exact) mass is 448 g/mol. The lowest BCUT2D eigenvalue weighted by Gasteiger charge is -2.37. The van der Waals surface area contributed by atoms with Crippen molar-refractivity contribution in [1.82, 2.24) is 4.90 Å². The molecule has 0 aliphatic carbocycles. The molecule has 2 aliphatic rings. The topological polar surface area (TPSA) is 73.0 Å². The Labute approximate surface area is 195 Å². The van der Waals surface area contributed by atoms with Crippen molar-refractivity contribution in [3.05, 3.63) is 54.1 Å². The van der Waals surface area contributed by atoms with Crippen molar-refractivity contribution in [3.8, 4) is 0 Å². The van der Waals surface area contributed by atoms with E-state index in [1.54, 1.807) is 17.0 Å². The molecule has 0 aromatic heterocycles. The maximum Gasteiger partial charge on any atom is 0.228 e. The molecule has 2 fully saturated rings. The van der Waals surface area contributed by atoms with Gasteiger partial charge in [0.15, 0.2) is 0 Å². The van der Waals surface area contributed by atoms with E-state index in [2.05, 4.69) is 41.4 Å². The van der Waals surface area contributed by atoms with E-state index in [9.17, 15) is 14.4 Å². The summed E-state index contributed by atoms with van der Waals surface area (Å²) in [5.41, 5.74) is 3.78. The van der Waals surface area contributed by atoms with Gasteiger partial charge in [0.1, 0.15) is 0 Å². The Morgan fingerprint density at radius 2 is 1.67 bits per heavy atom. The fourth-order valence-electron chi connectivity index (χ4n) is 4.43. The van der Waals surface area contributed by atoms with Crippen molar-refractivity contribution in [2.45, 2.75) is 27.2 Å². The van der Waals surface area contributed by atoms with E-state index in [1.807, 2.05) is 30.9 Å². The molecule has 2 aliphatic heterocycles. The second-order valence-electron chi connectivity index (χ2n) is 9.25. The SMILES string of the molecule is Cc1cccc(N2CCN(C(=O)[C@H]3CC(=O)N(c4cccc(NC(=O)C(C)C)c4)C3)CC2)c1. The lowest BCUT2D eigenvalue weighted by atomic mass is 10.1. The van der Waals surface area contributed by atoms with Gasteiger partial charge in [-0.15, -0.1) is 0 Å². The third kappa shape index (κ3) is 5.18. The highest BCUT2D eigenvalue weighted by Crippen LogP contribution is 2.29. The van der Waals surface area contributed by atoms with Gasteiger partial charge < -0.3 is 20.0 Å². The van der Waals surface area contributed by atoms with Gasteiger partial charge in [0, 0.05) is 62.1 Å². The number of carbonyl (C=O) groups excluding carboxylic acids is 3. The number of hydrogen-bond donors (Lipinski definition) is 1. The first-order valence-corrected chi connectivity index (χ1v) is 11.6. The minimum absolute atomic E-state index is 0.0546. The Hall–Kier alpha value is -3.35. The van der Waals surface area contributed by atoms with Crippen LogP contribution in [0.2, 0.25) is 0 Å². The highest BCUT2D eigenvalue weighted by Gasteiger charge is 2.38. The molecular weight excluding hydrogens is 416 g/mol. The fraction of sp³-hybridized carbons (Fsp3) is 0.423. The molecular formula is C26H32N4O3. The average molecular weight is 449 g/mol. The predicted molar refractivity (Wildman–Crippen MR) is 130 cm³/mol. The lowest BCUT2D eigenvalue weighted by molar-refractivity contribution is -0.136. The van der Waals surface area contributed by atoms with Crippen LogP contribution in [-0.4, -0.2) is 55.3 Å². The zero-order valence-corrected chi connectivity index (χ0v) is 19.6. The Kier molecular flexibility index (Phi) is 6.67. The molecule has 7 nitrogen and oxygen atoms in total. The van der Waals surface area contributed by atoms with Crippen LogP contribution in [0.3, 0.4) is 0 Å². The van der Waals surface area contributed by atoms with Gasteiger partial charge >= 0.3 is 0 Å². The van der Waals surface area contributed by atoms with Gasteiger partial charge in [-0.25, -0.2) is 0 Å². The number of piperazine rings is 1. The smallest absolute Gasteiger partial charge is 0.228 e.